The predicted molar refractivity (Wildman–Crippen MR) is 157 cm³/mol. The highest BCUT2D eigenvalue weighted by atomic mass is 16.2. The maximum Gasteiger partial charge on any atom is 0.251 e. The number of carbonyl (C=O) groups is 2. The van der Waals surface area contributed by atoms with Gasteiger partial charge in [-0.2, -0.15) is 0 Å². The number of para-hydroxylation sites is 1. The highest BCUT2D eigenvalue weighted by Gasteiger charge is 2.31. The van der Waals surface area contributed by atoms with Crippen molar-refractivity contribution in [2.45, 2.75) is 51.5 Å². The van der Waals surface area contributed by atoms with E-state index in [1.54, 1.807) is 7.05 Å². The number of hydrogen-bond donors (Lipinski definition) is 1. The lowest BCUT2D eigenvalue weighted by Crippen LogP contribution is -2.51. The van der Waals surface area contributed by atoms with E-state index in [0.29, 0.717) is 18.0 Å². The Morgan fingerprint density at radius 3 is 2.44 bits per heavy atom. The van der Waals surface area contributed by atoms with Crippen LogP contribution in [0.5, 0.6) is 0 Å². The van der Waals surface area contributed by atoms with Crippen molar-refractivity contribution in [3.05, 3.63) is 53.6 Å². The number of nitrogens with one attached hydrogen (secondary N) is 1. The van der Waals surface area contributed by atoms with Crippen LogP contribution in [0.25, 0.3) is 22.2 Å². The van der Waals surface area contributed by atoms with Crippen molar-refractivity contribution in [1.82, 2.24) is 19.7 Å². The molecule has 206 valence electrons. The van der Waals surface area contributed by atoms with Crippen molar-refractivity contribution < 1.29 is 9.59 Å². The number of amides is 2. The van der Waals surface area contributed by atoms with Crippen LogP contribution in [-0.4, -0.2) is 79.0 Å². The largest absolute Gasteiger partial charge is 0.360 e. The fourth-order valence-electron chi connectivity index (χ4n) is 7.02. The summed E-state index contributed by atoms with van der Waals surface area (Å²) in [6.07, 6.45) is 6.25. The SMILES string of the molecule is CCN1CCN(C(=O)CN2CCn3c(c(C4CCCCC4)c4ccc(C(=O)NC)cc43)-c3ccccc32)CC1. The third-order valence-electron chi connectivity index (χ3n) is 9.20. The van der Waals surface area contributed by atoms with E-state index >= 15 is 0 Å². The summed E-state index contributed by atoms with van der Waals surface area (Å²) in [6.45, 7) is 8.67. The van der Waals surface area contributed by atoms with E-state index in [9.17, 15) is 9.59 Å². The molecule has 1 aliphatic carbocycles. The molecule has 3 aliphatic rings. The average Bonchev–Trinajstić information content (AvgIpc) is 3.23. The van der Waals surface area contributed by atoms with E-state index in [2.05, 4.69) is 63.0 Å². The van der Waals surface area contributed by atoms with Gasteiger partial charge in [-0.15, -0.1) is 0 Å². The van der Waals surface area contributed by atoms with Crippen LogP contribution in [0.1, 0.15) is 60.9 Å². The van der Waals surface area contributed by atoms with E-state index in [0.717, 1.165) is 57.0 Å². The second kappa shape index (κ2) is 11.0. The molecule has 3 aromatic rings. The molecule has 7 nitrogen and oxygen atoms in total. The molecule has 0 unspecified atom stereocenters. The number of anilines is 1. The van der Waals surface area contributed by atoms with Gasteiger partial charge < -0.3 is 24.6 Å². The highest BCUT2D eigenvalue weighted by Crippen LogP contribution is 2.47. The number of hydrogen-bond acceptors (Lipinski definition) is 4. The number of piperazine rings is 1. The zero-order valence-electron chi connectivity index (χ0n) is 23.4. The third kappa shape index (κ3) is 4.82. The highest BCUT2D eigenvalue weighted by molar-refractivity contribution is 6.02. The topological polar surface area (TPSA) is 60.8 Å². The molecule has 2 amide bonds. The molecule has 3 heterocycles. The van der Waals surface area contributed by atoms with Crippen molar-refractivity contribution in [2.24, 2.45) is 0 Å². The molecule has 7 heteroatoms. The Morgan fingerprint density at radius 2 is 1.69 bits per heavy atom. The maximum absolute atomic E-state index is 13.5. The van der Waals surface area contributed by atoms with Crippen molar-refractivity contribution in [1.29, 1.82) is 0 Å². The van der Waals surface area contributed by atoms with Crippen LogP contribution in [0.15, 0.2) is 42.5 Å². The first-order valence-electron chi connectivity index (χ1n) is 14.8. The minimum atomic E-state index is -0.0592. The number of likely N-dealkylation sites (N-methyl/N-ethyl adjacent to an activating group) is 1. The van der Waals surface area contributed by atoms with Gasteiger partial charge in [0.1, 0.15) is 0 Å². The molecular weight excluding hydrogens is 486 g/mol. The second-order valence-corrected chi connectivity index (χ2v) is 11.3. The van der Waals surface area contributed by atoms with E-state index in [1.807, 2.05) is 11.0 Å². The van der Waals surface area contributed by atoms with Crippen molar-refractivity contribution in [3.63, 3.8) is 0 Å². The minimum Gasteiger partial charge on any atom is -0.360 e. The first kappa shape index (κ1) is 25.9. The van der Waals surface area contributed by atoms with Crippen LogP contribution < -0.4 is 10.2 Å². The zero-order chi connectivity index (χ0) is 26.9. The lowest BCUT2D eigenvalue weighted by atomic mass is 9.81. The Bertz CT molecular complexity index is 1360. The van der Waals surface area contributed by atoms with Gasteiger partial charge in [0.15, 0.2) is 0 Å². The van der Waals surface area contributed by atoms with Gasteiger partial charge in [-0.1, -0.05) is 50.5 Å². The Morgan fingerprint density at radius 1 is 0.923 bits per heavy atom. The minimum absolute atomic E-state index is 0.0592. The molecule has 39 heavy (non-hydrogen) atoms. The number of fused-ring (bicyclic) bond motifs is 5. The lowest BCUT2D eigenvalue weighted by molar-refractivity contribution is -0.131. The number of aromatic nitrogens is 1. The molecule has 1 aromatic heterocycles. The van der Waals surface area contributed by atoms with Crippen LogP contribution in [-0.2, 0) is 11.3 Å². The molecule has 2 fully saturated rings. The first-order valence-corrected chi connectivity index (χ1v) is 14.8. The summed E-state index contributed by atoms with van der Waals surface area (Å²) >= 11 is 0. The van der Waals surface area contributed by atoms with Gasteiger partial charge in [-0.3, -0.25) is 9.59 Å². The first-order chi connectivity index (χ1) is 19.1. The molecule has 2 aliphatic heterocycles. The summed E-state index contributed by atoms with van der Waals surface area (Å²) in [5, 5.41) is 4.06. The fraction of sp³-hybridized carbons (Fsp3) is 0.500. The monoisotopic (exact) mass is 527 g/mol. The molecule has 2 aromatic carbocycles. The third-order valence-corrected chi connectivity index (χ3v) is 9.20. The average molecular weight is 528 g/mol. The summed E-state index contributed by atoms with van der Waals surface area (Å²) in [5.74, 6) is 0.668. The standard InChI is InChI=1S/C32H41N5O2/c1-3-34-15-17-35(18-16-34)29(38)22-36-19-20-37-28-21-24(32(39)33-2)13-14-25(28)30(23-9-5-4-6-10-23)31(37)26-11-7-8-12-27(26)36/h7-8,11-14,21,23H,3-6,9-10,15-20,22H2,1-2H3,(H,33,39). The van der Waals surface area contributed by atoms with Gasteiger partial charge in [0, 0.05) is 74.0 Å². The molecule has 1 saturated carbocycles. The number of rotatable bonds is 5. The Labute approximate surface area is 231 Å². The molecule has 0 bridgehead atoms. The van der Waals surface area contributed by atoms with Gasteiger partial charge in [-0.05, 0) is 49.1 Å². The van der Waals surface area contributed by atoms with Crippen molar-refractivity contribution in [3.8, 4) is 11.3 Å². The summed E-state index contributed by atoms with van der Waals surface area (Å²) in [5.41, 5.74) is 6.89. The number of carbonyl (C=O) groups excluding carboxylic acids is 2. The maximum atomic E-state index is 13.5. The van der Waals surface area contributed by atoms with Gasteiger partial charge in [0.2, 0.25) is 5.91 Å². The van der Waals surface area contributed by atoms with Crippen LogP contribution in [0.2, 0.25) is 0 Å². The molecule has 0 radical (unpaired) electrons. The van der Waals surface area contributed by atoms with Gasteiger partial charge in [0.25, 0.3) is 5.91 Å². The molecule has 6 rings (SSSR count). The lowest BCUT2D eigenvalue weighted by Gasteiger charge is -2.35. The number of nitrogens with zero attached hydrogens (tertiary/aromatic N) is 4. The van der Waals surface area contributed by atoms with Gasteiger partial charge in [0.05, 0.1) is 12.2 Å². The van der Waals surface area contributed by atoms with Crippen LogP contribution >= 0.6 is 0 Å². The van der Waals surface area contributed by atoms with Crippen LogP contribution in [0.4, 0.5) is 5.69 Å². The molecule has 0 atom stereocenters. The van der Waals surface area contributed by atoms with E-state index in [1.165, 1.54) is 54.3 Å². The summed E-state index contributed by atoms with van der Waals surface area (Å²) in [4.78, 5) is 32.8. The van der Waals surface area contributed by atoms with Gasteiger partial charge >= 0.3 is 0 Å². The van der Waals surface area contributed by atoms with Crippen molar-refractivity contribution in [2.75, 3.05) is 57.8 Å². The molecule has 1 saturated heterocycles. The Balaban J connectivity index is 1.42. The summed E-state index contributed by atoms with van der Waals surface area (Å²) in [6, 6.07) is 14.9. The summed E-state index contributed by atoms with van der Waals surface area (Å²) < 4.78 is 2.44. The number of benzene rings is 2. The zero-order valence-corrected chi connectivity index (χ0v) is 23.4. The van der Waals surface area contributed by atoms with E-state index in [-0.39, 0.29) is 11.8 Å². The molecule has 0 spiro atoms. The van der Waals surface area contributed by atoms with Crippen LogP contribution in [0.3, 0.4) is 0 Å². The molecule has 1 N–H and O–H groups in total. The Hall–Kier alpha value is -3.32. The molecular formula is C32H41N5O2. The Kier molecular flexibility index (Phi) is 7.34. The van der Waals surface area contributed by atoms with Gasteiger partial charge in [-0.25, -0.2) is 0 Å². The van der Waals surface area contributed by atoms with Crippen molar-refractivity contribution >= 4 is 28.4 Å². The summed E-state index contributed by atoms with van der Waals surface area (Å²) in [7, 11) is 1.69. The predicted octanol–water partition coefficient (Wildman–Crippen LogP) is 4.70. The normalized spacial score (nSPS) is 18.5. The quantitative estimate of drug-likeness (QED) is 0.523. The smallest absolute Gasteiger partial charge is 0.251 e. The van der Waals surface area contributed by atoms with E-state index < -0.39 is 0 Å². The van der Waals surface area contributed by atoms with Crippen LogP contribution in [0, 0.1) is 0 Å². The van der Waals surface area contributed by atoms with E-state index in [4.69, 9.17) is 0 Å². The fourth-order valence-corrected chi connectivity index (χ4v) is 7.02. The second-order valence-electron chi connectivity index (χ2n) is 11.3.